The van der Waals surface area contributed by atoms with E-state index in [1.54, 1.807) is 13.2 Å². The Morgan fingerprint density at radius 2 is 2.04 bits per heavy atom. The highest BCUT2D eigenvalue weighted by atomic mass is 16.5. The van der Waals surface area contributed by atoms with Crippen LogP contribution in [0.4, 0.5) is 0 Å². The maximum Gasteiger partial charge on any atom is 0.261 e. The van der Waals surface area contributed by atoms with Crippen molar-refractivity contribution in [2.45, 2.75) is 37.8 Å². The van der Waals surface area contributed by atoms with Gasteiger partial charge in [0.2, 0.25) is 0 Å². The first-order chi connectivity index (χ1) is 12.0. The van der Waals surface area contributed by atoms with Crippen LogP contribution in [0.25, 0.3) is 0 Å². The lowest BCUT2D eigenvalue weighted by Crippen LogP contribution is -2.39. The molecule has 0 saturated heterocycles. The van der Waals surface area contributed by atoms with Crippen molar-refractivity contribution in [3.8, 4) is 0 Å². The van der Waals surface area contributed by atoms with Gasteiger partial charge in [-0.3, -0.25) is 19.3 Å². The van der Waals surface area contributed by atoms with E-state index < -0.39 is 6.10 Å². The molecule has 2 unspecified atom stereocenters. The highest BCUT2D eigenvalue weighted by Crippen LogP contribution is 2.25. The van der Waals surface area contributed by atoms with Crippen molar-refractivity contribution < 1.29 is 24.2 Å². The van der Waals surface area contributed by atoms with Gasteiger partial charge in [0.15, 0.2) is 0 Å². The van der Waals surface area contributed by atoms with E-state index in [1.165, 1.54) is 17.0 Å². The molecule has 1 fully saturated rings. The molecule has 0 radical (unpaired) electrons. The van der Waals surface area contributed by atoms with Crippen molar-refractivity contribution in [2.24, 2.45) is 0 Å². The predicted octanol–water partition coefficient (Wildman–Crippen LogP) is 0.962. The summed E-state index contributed by atoms with van der Waals surface area (Å²) in [4.78, 5) is 38.4. The molecule has 1 heterocycles. The molecular weight excluding hydrogens is 324 g/mol. The lowest BCUT2D eigenvalue weighted by molar-refractivity contribution is 0.0638. The fourth-order valence-electron chi connectivity index (χ4n) is 3.36. The third kappa shape index (κ3) is 3.43. The lowest BCUT2D eigenvalue weighted by Gasteiger charge is -2.16. The van der Waals surface area contributed by atoms with Crippen LogP contribution in [0.5, 0.6) is 0 Å². The molecule has 0 aromatic heterocycles. The lowest BCUT2D eigenvalue weighted by atomic mass is 10.0. The number of methoxy groups -OCH3 is 1. The van der Waals surface area contributed by atoms with Crippen LogP contribution in [0.2, 0.25) is 0 Å². The average molecular weight is 346 g/mol. The minimum Gasteiger partial charge on any atom is -0.391 e. The Kier molecular flexibility index (Phi) is 5.15. The van der Waals surface area contributed by atoms with Crippen molar-refractivity contribution in [2.75, 3.05) is 20.3 Å². The van der Waals surface area contributed by atoms with E-state index in [1.807, 2.05) is 0 Å². The zero-order valence-corrected chi connectivity index (χ0v) is 14.2. The molecule has 2 atom stereocenters. The number of imide groups is 1. The van der Waals surface area contributed by atoms with Gasteiger partial charge in [-0.05, 0) is 43.9 Å². The first-order valence-electron chi connectivity index (χ1n) is 8.51. The standard InChI is InChI=1S/C18H22N2O5/c1-25-9-3-8-20-17(23)12-7-6-11(10-13(12)18(20)24)16(22)19-14-4-2-5-15(14)21/h6-7,10,14-15,21H,2-5,8-9H2,1H3,(H,19,22). The van der Waals surface area contributed by atoms with Gasteiger partial charge in [0.05, 0.1) is 23.3 Å². The van der Waals surface area contributed by atoms with Gasteiger partial charge in [-0.15, -0.1) is 0 Å². The molecule has 7 nitrogen and oxygen atoms in total. The van der Waals surface area contributed by atoms with Gasteiger partial charge in [0.25, 0.3) is 17.7 Å². The van der Waals surface area contributed by atoms with Crippen molar-refractivity contribution in [3.63, 3.8) is 0 Å². The third-order valence-electron chi connectivity index (χ3n) is 4.76. The van der Waals surface area contributed by atoms with Gasteiger partial charge < -0.3 is 15.2 Å². The number of hydrogen-bond donors (Lipinski definition) is 2. The first kappa shape index (κ1) is 17.6. The number of aliphatic hydroxyl groups excluding tert-OH is 1. The molecule has 1 aliphatic carbocycles. The van der Waals surface area contributed by atoms with Crippen LogP contribution < -0.4 is 5.32 Å². The number of hydrogen-bond acceptors (Lipinski definition) is 5. The number of amides is 3. The molecule has 1 saturated carbocycles. The number of carbonyl (C=O) groups excluding carboxylic acids is 3. The molecule has 25 heavy (non-hydrogen) atoms. The Labute approximate surface area is 146 Å². The Hall–Kier alpha value is -2.25. The van der Waals surface area contributed by atoms with E-state index in [4.69, 9.17) is 4.74 Å². The van der Waals surface area contributed by atoms with E-state index in [0.717, 1.165) is 12.8 Å². The van der Waals surface area contributed by atoms with Crippen LogP contribution in [0.3, 0.4) is 0 Å². The summed E-state index contributed by atoms with van der Waals surface area (Å²) in [6.07, 6.45) is 2.33. The second-order valence-corrected chi connectivity index (χ2v) is 6.45. The van der Waals surface area contributed by atoms with Crippen LogP contribution in [0.1, 0.15) is 56.8 Å². The Morgan fingerprint density at radius 3 is 2.72 bits per heavy atom. The van der Waals surface area contributed by atoms with Gasteiger partial charge in [0.1, 0.15) is 0 Å². The fourth-order valence-corrected chi connectivity index (χ4v) is 3.36. The highest BCUT2D eigenvalue weighted by molar-refractivity contribution is 6.22. The maximum atomic E-state index is 12.5. The number of fused-ring (bicyclic) bond motifs is 1. The molecule has 3 rings (SSSR count). The maximum absolute atomic E-state index is 12.5. The van der Waals surface area contributed by atoms with Gasteiger partial charge in [-0.2, -0.15) is 0 Å². The average Bonchev–Trinajstić information content (AvgIpc) is 3.11. The summed E-state index contributed by atoms with van der Waals surface area (Å²) in [6, 6.07) is 4.26. The van der Waals surface area contributed by atoms with Crippen LogP contribution in [-0.4, -0.2) is 60.1 Å². The zero-order valence-electron chi connectivity index (χ0n) is 14.2. The first-order valence-corrected chi connectivity index (χ1v) is 8.51. The van der Waals surface area contributed by atoms with Gasteiger partial charge in [-0.25, -0.2) is 0 Å². The summed E-state index contributed by atoms with van der Waals surface area (Å²) < 4.78 is 4.95. The second-order valence-electron chi connectivity index (χ2n) is 6.45. The predicted molar refractivity (Wildman–Crippen MR) is 89.4 cm³/mol. The largest absolute Gasteiger partial charge is 0.391 e. The molecule has 7 heteroatoms. The molecule has 134 valence electrons. The van der Waals surface area contributed by atoms with Crippen LogP contribution in [0.15, 0.2) is 18.2 Å². The van der Waals surface area contributed by atoms with Crippen LogP contribution in [-0.2, 0) is 4.74 Å². The van der Waals surface area contributed by atoms with Crippen molar-refractivity contribution >= 4 is 17.7 Å². The van der Waals surface area contributed by atoms with E-state index in [-0.39, 0.29) is 35.9 Å². The van der Waals surface area contributed by atoms with Gasteiger partial charge >= 0.3 is 0 Å². The summed E-state index contributed by atoms with van der Waals surface area (Å²) in [6.45, 7) is 0.751. The summed E-state index contributed by atoms with van der Waals surface area (Å²) in [5.74, 6) is -1.06. The van der Waals surface area contributed by atoms with Gasteiger partial charge in [0, 0.05) is 25.8 Å². The minimum atomic E-state index is -0.530. The third-order valence-corrected chi connectivity index (χ3v) is 4.76. The Balaban J connectivity index is 1.74. The number of benzene rings is 1. The smallest absolute Gasteiger partial charge is 0.261 e. The van der Waals surface area contributed by atoms with E-state index in [9.17, 15) is 19.5 Å². The quantitative estimate of drug-likeness (QED) is 0.591. The fraction of sp³-hybridized carbons (Fsp3) is 0.500. The molecule has 1 aromatic rings. The number of aliphatic hydroxyl groups is 1. The highest BCUT2D eigenvalue weighted by Gasteiger charge is 2.36. The van der Waals surface area contributed by atoms with Crippen molar-refractivity contribution in [1.82, 2.24) is 10.2 Å². The van der Waals surface area contributed by atoms with Crippen LogP contribution >= 0.6 is 0 Å². The number of ether oxygens (including phenoxy) is 1. The molecular formula is C18H22N2O5. The van der Waals surface area contributed by atoms with E-state index >= 15 is 0 Å². The molecule has 2 aliphatic rings. The summed E-state index contributed by atoms with van der Waals surface area (Å²) >= 11 is 0. The summed E-state index contributed by atoms with van der Waals surface area (Å²) in [5, 5.41) is 12.6. The number of nitrogens with one attached hydrogen (secondary N) is 1. The monoisotopic (exact) mass is 346 g/mol. The molecule has 0 spiro atoms. The Morgan fingerprint density at radius 1 is 1.28 bits per heavy atom. The molecule has 1 aliphatic heterocycles. The van der Waals surface area contributed by atoms with Gasteiger partial charge in [-0.1, -0.05) is 0 Å². The SMILES string of the molecule is COCCCN1C(=O)c2ccc(C(=O)NC3CCCC3O)cc2C1=O. The molecule has 1 aromatic carbocycles. The Bertz CT molecular complexity index is 703. The molecule has 0 bridgehead atoms. The summed E-state index contributed by atoms with van der Waals surface area (Å²) in [5.41, 5.74) is 0.889. The minimum absolute atomic E-state index is 0.252. The normalized spacial score (nSPS) is 22.4. The van der Waals surface area contributed by atoms with Crippen molar-refractivity contribution in [3.05, 3.63) is 34.9 Å². The number of carbonyl (C=O) groups is 3. The van der Waals surface area contributed by atoms with E-state index in [2.05, 4.69) is 5.32 Å². The topological polar surface area (TPSA) is 95.9 Å². The zero-order chi connectivity index (χ0) is 18.0. The second kappa shape index (κ2) is 7.33. The molecule has 3 amide bonds. The van der Waals surface area contributed by atoms with Crippen LogP contribution in [0, 0.1) is 0 Å². The molecule has 2 N–H and O–H groups in total. The number of nitrogens with zero attached hydrogens (tertiary/aromatic N) is 1. The van der Waals surface area contributed by atoms with E-state index in [0.29, 0.717) is 30.6 Å². The summed E-state index contributed by atoms with van der Waals surface area (Å²) in [7, 11) is 1.56. The number of rotatable bonds is 6. The van der Waals surface area contributed by atoms with Crippen molar-refractivity contribution in [1.29, 1.82) is 0 Å².